The summed E-state index contributed by atoms with van der Waals surface area (Å²) in [4.78, 5) is 19.5. The lowest BCUT2D eigenvalue weighted by atomic mass is 10.0. The highest BCUT2D eigenvalue weighted by Crippen LogP contribution is 2.29. The van der Waals surface area contributed by atoms with Gasteiger partial charge in [-0.3, -0.25) is 9.89 Å². The number of nitrogens with two attached hydrogens (primary N) is 1. The molecule has 0 saturated heterocycles. The molecule has 104 valence electrons. The van der Waals surface area contributed by atoms with Crippen LogP contribution in [0.5, 0.6) is 0 Å². The number of benzene rings is 1. The molecule has 0 amide bonds. The van der Waals surface area contributed by atoms with Gasteiger partial charge in [0.15, 0.2) is 11.4 Å². The van der Waals surface area contributed by atoms with Crippen LogP contribution in [0.25, 0.3) is 22.3 Å². The number of nitrogen functional groups attached to an aromatic ring is 1. The molecule has 0 atom stereocenters. The Morgan fingerprint density at radius 2 is 2.14 bits per heavy atom. The van der Waals surface area contributed by atoms with Crippen LogP contribution in [0.15, 0.2) is 37.2 Å². The molecule has 0 radical (unpaired) electrons. The van der Waals surface area contributed by atoms with Crippen LogP contribution in [0.1, 0.15) is 10.4 Å². The minimum atomic E-state index is -0.552. The van der Waals surface area contributed by atoms with Gasteiger partial charge in [-0.15, -0.1) is 0 Å². The monoisotopic (exact) mass is 283 g/mol. The number of hydrogen-bond donors (Lipinski definition) is 2. The fourth-order valence-corrected chi connectivity index (χ4v) is 2.08. The Hall–Kier alpha value is -3.09. The van der Waals surface area contributed by atoms with Crippen molar-refractivity contribution in [3.63, 3.8) is 0 Å². The molecule has 0 aliphatic heterocycles. The molecule has 0 aliphatic carbocycles. The molecule has 3 rings (SSSR count). The van der Waals surface area contributed by atoms with Gasteiger partial charge in [-0.1, -0.05) is 6.58 Å². The number of hydrogen-bond acceptors (Lipinski definition) is 5. The molecular formula is C14H10FN5O. The highest BCUT2D eigenvalue weighted by molar-refractivity contribution is 6.05. The summed E-state index contributed by atoms with van der Waals surface area (Å²) in [5, 5.41) is 7.27. The number of ketones is 1. The fraction of sp³-hybridized carbons (Fsp3) is 0. The number of nitrogens with one attached hydrogen (secondary N) is 1. The van der Waals surface area contributed by atoms with Gasteiger partial charge in [0, 0.05) is 11.1 Å². The lowest BCUT2D eigenvalue weighted by Gasteiger charge is -2.03. The number of anilines is 1. The first-order valence-electron chi connectivity index (χ1n) is 6.02. The van der Waals surface area contributed by atoms with E-state index in [9.17, 15) is 9.18 Å². The maximum absolute atomic E-state index is 13.7. The Balaban J connectivity index is 2.26. The fourth-order valence-electron chi connectivity index (χ4n) is 2.08. The van der Waals surface area contributed by atoms with E-state index in [-0.39, 0.29) is 17.2 Å². The van der Waals surface area contributed by atoms with Crippen LogP contribution in [0, 0.1) is 5.82 Å². The molecule has 2 heterocycles. The molecule has 7 heteroatoms. The lowest BCUT2D eigenvalue weighted by molar-refractivity contribution is 0.104. The Bertz CT molecular complexity index is 871. The third kappa shape index (κ3) is 2.14. The molecule has 0 fully saturated rings. The summed E-state index contributed by atoms with van der Waals surface area (Å²) in [5.41, 5.74) is 7.24. The Kier molecular flexibility index (Phi) is 2.94. The molecule has 0 bridgehead atoms. The molecule has 0 unspecified atom stereocenters. The maximum Gasteiger partial charge on any atom is 0.185 e. The average molecular weight is 283 g/mol. The predicted octanol–water partition coefficient (Wildman–Crippen LogP) is 2.11. The molecule has 21 heavy (non-hydrogen) atoms. The van der Waals surface area contributed by atoms with Crippen molar-refractivity contribution in [2.24, 2.45) is 0 Å². The van der Waals surface area contributed by atoms with Gasteiger partial charge in [-0.25, -0.2) is 14.4 Å². The first-order valence-corrected chi connectivity index (χ1v) is 6.02. The van der Waals surface area contributed by atoms with Crippen LogP contribution in [-0.2, 0) is 0 Å². The van der Waals surface area contributed by atoms with Gasteiger partial charge < -0.3 is 5.73 Å². The summed E-state index contributed by atoms with van der Waals surface area (Å²) in [6, 6.07) is 3.93. The van der Waals surface area contributed by atoms with E-state index in [4.69, 9.17) is 5.73 Å². The highest BCUT2D eigenvalue weighted by atomic mass is 19.1. The number of carbonyl (C=O) groups excluding carboxylic acids is 1. The zero-order valence-electron chi connectivity index (χ0n) is 10.8. The van der Waals surface area contributed by atoms with Crippen molar-refractivity contribution in [1.29, 1.82) is 0 Å². The number of rotatable bonds is 3. The Morgan fingerprint density at radius 1 is 1.33 bits per heavy atom. The smallest absolute Gasteiger partial charge is 0.185 e. The number of H-pyrrole nitrogens is 1. The maximum atomic E-state index is 13.7. The molecule has 0 saturated carbocycles. The van der Waals surface area contributed by atoms with E-state index in [0.29, 0.717) is 22.3 Å². The average Bonchev–Trinajstić information content (AvgIpc) is 2.91. The molecule has 3 aromatic rings. The molecule has 6 nitrogen and oxygen atoms in total. The summed E-state index contributed by atoms with van der Waals surface area (Å²) in [6.45, 7) is 3.39. The Morgan fingerprint density at radius 3 is 2.90 bits per heavy atom. The first-order chi connectivity index (χ1) is 10.1. The van der Waals surface area contributed by atoms with E-state index in [0.717, 1.165) is 12.1 Å². The quantitative estimate of drug-likeness (QED) is 0.566. The van der Waals surface area contributed by atoms with Crippen molar-refractivity contribution in [1.82, 2.24) is 20.2 Å². The Labute approximate surface area is 118 Å². The summed E-state index contributed by atoms with van der Waals surface area (Å²) in [7, 11) is 0. The standard InChI is InChI=1S/C14H10FN5O/c1-2-10(21)7-3-8(5-9(15)4-7)12-11-13(16)17-6-18-14(11)20-19-12/h2-6H,1H2,(H3,16,17,18,19,20). The molecule has 2 aromatic heterocycles. The topological polar surface area (TPSA) is 97.5 Å². The van der Waals surface area contributed by atoms with Crippen molar-refractivity contribution in [2.45, 2.75) is 0 Å². The molecule has 1 aromatic carbocycles. The molecule has 0 aliphatic rings. The first kappa shape index (κ1) is 12.9. The zero-order valence-corrected chi connectivity index (χ0v) is 10.8. The SMILES string of the molecule is C=CC(=O)c1cc(F)cc(-c2n[nH]c3ncnc(N)c23)c1. The van der Waals surface area contributed by atoms with E-state index in [1.807, 2.05) is 0 Å². The van der Waals surface area contributed by atoms with Crippen LogP contribution < -0.4 is 5.73 Å². The van der Waals surface area contributed by atoms with Gasteiger partial charge in [0.2, 0.25) is 0 Å². The number of carbonyl (C=O) groups is 1. The van der Waals surface area contributed by atoms with E-state index < -0.39 is 5.82 Å². The van der Waals surface area contributed by atoms with Gasteiger partial charge >= 0.3 is 0 Å². The number of allylic oxidation sites excluding steroid dienone is 1. The third-order valence-corrected chi connectivity index (χ3v) is 3.03. The second-order valence-electron chi connectivity index (χ2n) is 4.35. The van der Waals surface area contributed by atoms with Crippen LogP contribution >= 0.6 is 0 Å². The van der Waals surface area contributed by atoms with Crippen molar-refractivity contribution in [3.8, 4) is 11.3 Å². The highest BCUT2D eigenvalue weighted by Gasteiger charge is 2.15. The van der Waals surface area contributed by atoms with Crippen LogP contribution in [0.2, 0.25) is 0 Å². The molecule has 0 spiro atoms. The van der Waals surface area contributed by atoms with E-state index in [1.54, 1.807) is 0 Å². The van der Waals surface area contributed by atoms with Crippen LogP contribution in [-0.4, -0.2) is 25.9 Å². The number of aromatic nitrogens is 4. The summed E-state index contributed by atoms with van der Waals surface area (Å²) in [6.07, 6.45) is 2.43. The van der Waals surface area contributed by atoms with Crippen molar-refractivity contribution in [3.05, 3.63) is 48.6 Å². The van der Waals surface area contributed by atoms with Gasteiger partial charge in [0.1, 0.15) is 23.7 Å². The minimum Gasteiger partial charge on any atom is -0.383 e. The largest absolute Gasteiger partial charge is 0.383 e. The summed E-state index contributed by atoms with van der Waals surface area (Å²) < 4.78 is 13.7. The normalized spacial score (nSPS) is 10.7. The number of aromatic amines is 1. The third-order valence-electron chi connectivity index (χ3n) is 3.03. The molecule has 3 N–H and O–H groups in total. The number of fused-ring (bicyclic) bond motifs is 1. The minimum absolute atomic E-state index is 0.187. The number of nitrogens with zero attached hydrogens (tertiary/aromatic N) is 3. The van der Waals surface area contributed by atoms with Crippen molar-refractivity contribution < 1.29 is 9.18 Å². The molecular weight excluding hydrogens is 273 g/mol. The van der Waals surface area contributed by atoms with Crippen molar-refractivity contribution >= 4 is 22.6 Å². The van der Waals surface area contributed by atoms with E-state index in [1.165, 1.54) is 18.5 Å². The van der Waals surface area contributed by atoms with Gasteiger partial charge in [0.05, 0.1) is 5.39 Å². The lowest BCUT2D eigenvalue weighted by Crippen LogP contribution is -1.97. The van der Waals surface area contributed by atoms with E-state index in [2.05, 4.69) is 26.7 Å². The van der Waals surface area contributed by atoms with E-state index >= 15 is 0 Å². The summed E-state index contributed by atoms with van der Waals surface area (Å²) >= 11 is 0. The van der Waals surface area contributed by atoms with Gasteiger partial charge in [0.25, 0.3) is 0 Å². The van der Waals surface area contributed by atoms with Gasteiger partial charge in [-0.05, 0) is 24.3 Å². The number of halogens is 1. The second-order valence-corrected chi connectivity index (χ2v) is 4.35. The summed E-state index contributed by atoms with van der Waals surface area (Å²) in [5.74, 6) is -0.700. The zero-order chi connectivity index (χ0) is 15.0. The van der Waals surface area contributed by atoms with Crippen LogP contribution in [0.3, 0.4) is 0 Å². The van der Waals surface area contributed by atoms with Crippen LogP contribution in [0.4, 0.5) is 10.2 Å². The second kappa shape index (κ2) is 4.78. The van der Waals surface area contributed by atoms with Gasteiger partial charge in [-0.2, -0.15) is 5.10 Å². The predicted molar refractivity (Wildman–Crippen MR) is 76.0 cm³/mol. The van der Waals surface area contributed by atoms with Crippen molar-refractivity contribution in [2.75, 3.05) is 5.73 Å².